The molecule has 0 aliphatic carbocycles. The van der Waals surface area contributed by atoms with Crippen molar-refractivity contribution in [3.05, 3.63) is 95.6 Å². The van der Waals surface area contributed by atoms with Gasteiger partial charge < -0.3 is 15.5 Å². The maximum absolute atomic E-state index is 5.80. The predicted molar refractivity (Wildman–Crippen MR) is 120 cm³/mol. The van der Waals surface area contributed by atoms with Gasteiger partial charge in [0.05, 0.1) is 6.04 Å². The molecule has 0 fully saturated rings. The first-order valence-electron chi connectivity index (χ1n) is 9.72. The van der Waals surface area contributed by atoms with E-state index in [0.717, 1.165) is 23.5 Å². The van der Waals surface area contributed by atoms with Crippen LogP contribution in [0.3, 0.4) is 0 Å². The average molecular weight is 370 g/mol. The normalized spacial score (nSPS) is 16.2. The van der Waals surface area contributed by atoms with E-state index in [2.05, 4.69) is 85.4 Å². The fraction of sp³-hybridized carbons (Fsp3) is 0.200. The minimum absolute atomic E-state index is 0.410. The molecule has 1 aliphatic rings. The second kappa shape index (κ2) is 7.43. The number of hydrogen-bond acceptors (Lipinski definition) is 3. The molecule has 3 nitrogen and oxygen atoms in total. The molecule has 0 spiro atoms. The van der Waals surface area contributed by atoms with Crippen LogP contribution in [0.2, 0.25) is 0 Å². The van der Waals surface area contributed by atoms with Crippen LogP contribution >= 0.6 is 0 Å². The van der Waals surface area contributed by atoms with Gasteiger partial charge in [0.1, 0.15) is 0 Å². The Morgan fingerprint density at radius 2 is 1.43 bits per heavy atom. The van der Waals surface area contributed by atoms with E-state index in [1.807, 2.05) is 24.3 Å². The first-order valence-corrected chi connectivity index (χ1v) is 9.72. The van der Waals surface area contributed by atoms with Crippen molar-refractivity contribution >= 4 is 22.8 Å². The summed E-state index contributed by atoms with van der Waals surface area (Å²) in [5.41, 5.74) is 14.1. The molecule has 1 aliphatic heterocycles. The van der Waals surface area contributed by atoms with Gasteiger partial charge in [-0.15, -0.1) is 0 Å². The smallest absolute Gasteiger partial charge is 0.0574 e. The van der Waals surface area contributed by atoms with Crippen LogP contribution in [0.25, 0.3) is 5.70 Å². The highest BCUT2D eigenvalue weighted by molar-refractivity contribution is 5.71. The maximum Gasteiger partial charge on any atom is 0.0574 e. The van der Waals surface area contributed by atoms with Crippen LogP contribution in [0, 0.1) is 6.92 Å². The van der Waals surface area contributed by atoms with E-state index in [-0.39, 0.29) is 0 Å². The molecule has 1 atom stereocenters. The van der Waals surface area contributed by atoms with E-state index in [0.29, 0.717) is 6.04 Å². The van der Waals surface area contributed by atoms with E-state index in [4.69, 9.17) is 5.73 Å². The Morgan fingerprint density at radius 1 is 0.857 bits per heavy atom. The fourth-order valence-corrected chi connectivity index (χ4v) is 3.87. The van der Waals surface area contributed by atoms with Crippen molar-refractivity contribution in [2.75, 3.05) is 24.7 Å². The number of nitrogen functional groups attached to an aromatic ring is 1. The molecule has 0 bridgehead atoms. The van der Waals surface area contributed by atoms with Gasteiger partial charge >= 0.3 is 0 Å². The Kier molecular flexibility index (Phi) is 4.82. The summed E-state index contributed by atoms with van der Waals surface area (Å²) in [4.78, 5) is 4.56. The highest BCUT2D eigenvalue weighted by Crippen LogP contribution is 2.38. The summed E-state index contributed by atoms with van der Waals surface area (Å²) in [6.45, 7) is 2.13. The van der Waals surface area contributed by atoms with Crippen LogP contribution in [0.4, 0.5) is 17.1 Å². The maximum atomic E-state index is 5.80. The molecule has 4 rings (SSSR count). The number of benzene rings is 3. The lowest BCUT2D eigenvalue weighted by Crippen LogP contribution is -2.18. The Hall–Kier alpha value is -3.20. The first kappa shape index (κ1) is 18.2. The van der Waals surface area contributed by atoms with Gasteiger partial charge in [-0.3, -0.25) is 0 Å². The van der Waals surface area contributed by atoms with Gasteiger partial charge in [0.25, 0.3) is 0 Å². The van der Waals surface area contributed by atoms with E-state index in [1.54, 1.807) is 0 Å². The highest BCUT2D eigenvalue weighted by atomic mass is 15.2. The van der Waals surface area contributed by atoms with Crippen LogP contribution in [-0.4, -0.2) is 19.0 Å². The Bertz CT molecular complexity index is 970. The number of anilines is 3. The average Bonchev–Trinajstić information content (AvgIpc) is 3.10. The topological polar surface area (TPSA) is 32.5 Å². The lowest BCUT2D eigenvalue weighted by molar-refractivity contribution is 0.384. The van der Waals surface area contributed by atoms with Gasteiger partial charge in [0, 0.05) is 36.9 Å². The van der Waals surface area contributed by atoms with Crippen molar-refractivity contribution in [3.63, 3.8) is 0 Å². The lowest BCUT2D eigenvalue weighted by atomic mass is 10.0. The molecule has 28 heavy (non-hydrogen) atoms. The SMILES string of the molecule is Cc1ccc(C2CC=C(c3ccc(N(C)c4ccc(N)cc4)cc3)N2C)cc1. The molecule has 0 saturated carbocycles. The number of rotatable bonds is 4. The molecule has 142 valence electrons. The van der Waals surface area contributed by atoms with Crippen molar-refractivity contribution in [1.29, 1.82) is 0 Å². The van der Waals surface area contributed by atoms with Crippen LogP contribution < -0.4 is 10.6 Å². The molecule has 2 N–H and O–H groups in total. The molecule has 0 radical (unpaired) electrons. The third-order valence-corrected chi connectivity index (χ3v) is 5.67. The lowest BCUT2D eigenvalue weighted by Gasteiger charge is -2.26. The molecule has 0 saturated heterocycles. The molecular formula is C25H27N3. The van der Waals surface area contributed by atoms with E-state index >= 15 is 0 Å². The quantitative estimate of drug-likeness (QED) is 0.593. The van der Waals surface area contributed by atoms with Gasteiger partial charge in [-0.2, -0.15) is 0 Å². The molecule has 3 aromatic carbocycles. The van der Waals surface area contributed by atoms with Crippen molar-refractivity contribution in [3.8, 4) is 0 Å². The highest BCUT2D eigenvalue weighted by Gasteiger charge is 2.24. The largest absolute Gasteiger partial charge is 0.399 e. The van der Waals surface area contributed by atoms with Gasteiger partial charge in [-0.1, -0.05) is 48.0 Å². The van der Waals surface area contributed by atoms with Gasteiger partial charge in [-0.25, -0.2) is 0 Å². The molecule has 0 amide bonds. The third-order valence-electron chi connectivity index (χ3n) is 5.67. The van der Waals surface area contributed by atoms with E-state index in [9.17, 15) is 0 Å². The zero-order valence-electron chi connectivity index (χ0n) is 16.8. The zero-order valence-corrected chi connectivity index (χ0v) is 16.8. The summed E-state index contributed by atoms with van der Waals surface area (Å²) in [6.07, 6.45) is 3.39. The van der Waals surface area contributed by atoms with E-state index in [1.165, 1.54) is 22.4 Å². The van der Waals surface area contributed by atoms with Gasteiger partial charge in [0.2, 0.25) is 0 Å². The molecule has 3 aromatic rings. The van der Waals surface area contributed by atoms with Gasteiger partial charge in [-0.05, 0) is 60.9 Å². The van der Waals surface area contributed by atoms with Crippen LogP contribution in [0.15, 0.2) is 78.9 Å². The Morgan fingerprint density at radius 3 is 2.04 bits per heavy atom. The van der Waals surface area contributed by atoms with Crippen LogP contribution in [-0.2, 0) is 0 Å². The standard InChI is InChI=1S/C25H27N3/c1-18-4-6-19(7-5-18)24-16-17-25(28(24)3)20-8-12-22(13-9-20)27(2)23-14-10-21(26)11-15-23/h4-15,17,24H,16,26H2,1-3H3. The van der Waals surface area contributed by atoms with Crippen molar-refractivity contribution < 1.29 is 0 Å². The summed E-state index contributed by atoms with van der Waals surface area (Å²) in [7, 11) is 4.27. The summed E-state index contributed by atoms with van der Waals surface area (Å²) in [6, 6.07) is 26.0. The summed E-state index contributed by atoms with van der Waals surface area (Å²) < 4.78 is 0. The first-order chi connectivity index (χ1) is 13.5. The number of hydrogen-bond donors (Lipinski definition) is 1. The zero-order chi connectivity index (χ0) is 19.7. The second-order valence-electron chi connectivity index (χ2n) is 7.56. The molecule has 1 heterocycles. The molecule has 0 aromatic heterocycles. The van der Waals surface area contributed by atoms with E-state index < -0.39 is 0 Å². The Labute approximate surface area is 167 Å². The molecule has 1 unspecified atom stereocenters. The van der Waals surface area contributed by atoms with Crippen molar-refractivity contribution in [2.24, 2.45) is 0 Å². The van der Waals surface area contributed by atoms with Crippen molar-refractivity contribution in [2.45, 2.75) is 19.4 Å². The summed E-state index contributed by atoms with van der Waals surface area (Å²) in [5.74, 6) is 0. The van der Waals surface area contributed by atoms with Gasteiger partial charge in [0.15, 0.2) is 0 Å². The molecular weight excluding hydrogens is 342 g/mol. The molecule has 3 heteroatoms. The predicted octanol–water partition coefficient (Wildman–Crippen LogP) is 5.76. The number of nitrogens with zero attached hydrogens (tertiary/aromatic N) is 2. The third kappa shape index (κ3) is 3.48. The Balaban J connectivity index is 1.51. The summed E-state index contributed by atoms with van der Waals surface area (Å²) >= 11 is 0. The second-order valence-corrected chi connectivity index (χ2v) is 7.56. The monoisotopic (exact) mass is 369 g/mol. The minimum atomic E-state index is 0.410. The number of nitrogens with two attached hydrogens (primary N) is 1. The van der Waals surface area contributed by atoms with Crippen LogP contribution in [0.5, 0.6) is 0 Å². The minimum Gasteiger partial charge on any atom is -0.399 e. The fourth-order valence-electron chi connectivity index (χ4n) is 3.87. The summed E-state index contributed by atoms with van der Waals surface area (Å²) in [5, 5.41) is 0. The number of aryl methyl sites for hydroxylation is 1. The van der Waals surface area contributed by atoms with Crippen molar-refractivity contribution in [1.82, 2.24) is 4.90 Å². The van der Waals surface area contributed by atoms with Crippen LogP contribution in [0.1, 0.15) is 29.2 Å².